The average molecular weight is 363 g/mol. The van der Waals surface area contributed by atoms with Gasteiger partial charge in [-0.2, -0.15) is 5.10 Å². The molecule has 0 amide bonds. The number of carbonyl (C=O) groups is 1. The lowest BCUT2D eigenvalue weighted by Gasteiger charge is -2.05. The summed E-state index contributed by atoms with van der Waals surface area (Å²) in [6.07, 6.45) is 1.85. The first-order chi connectivity index (χ1) is 12.2. The molecular formula is C17H21N3O4S. The molecule has 134 valence electrons. The van der Waals surface area contributed by atoms with Crippen LogP contribution in [0.5, 0.6) is 5.75 Å². The van der Waals surface area contributed by atoms with E-state index >= 15 is 0 Å². The number of esters is 1. The second-order valence-corrected chi connectivity index (χ2v) is 5.76. The van der Waals surface area contributed by atoms with Crippen LogP contribution in [0.4, 0.5) is 5.13 Å². The van der Waals surface area contributed by atoms with Crippen LogP contribution >= 0.6 is 11.3 Å². The van der Waals surface area contributed by atoms with E-state index in [-0.39, 0.29) is 12.4 Å². The van der Waals surface area contributed by atoms with E-state index in [0.717, 1.165) is 11.3 Å². The summed E-state index contributed by atoms with van der Waals surface area (Å²) in [6, 6.07) is 7.55. The van der Waals surface area contributed by atoms with Crippen molar-refractivity contribution in [3.63, 3.8) is 0 Å². The van der Waals surface area contributed by atoms with E-state index in [1.165, 1.54) is 11.3 Å². The monoisotopic (exact) mass is 363 g/mol. The summed E-state index contributed by atoms with van der Waals surface area (Å²) < 4.78 is 15.3. The number of rotatable bonds is 10. The van der Waals surface area contributed by atoms with Gasteiger partial charge in [-0.1, -0.05) is 0 Å². The van der Waals surface area contributed by atoms with Crippen molar-refractivity contribution in [3.8, 4) is 5.75 Å². The van der Waals surface area contributed by atoms with Crippen molar-refractivity contribution >= 4 is 28.7 Å². The third-order valence-corrected chi connectivity index (χ3v) is 3.79. The van der Waals surface area contributed by atoms with E-state index in [2.05, 4.69) is 15.5 Å². The molecule has 1 aromatic carbocycles. The van der Waals surface area contributed by atoms with Gasteiger partial charge in [0, 0.05) is 12.5 Å². The highest BCUT2D eigenvalue weighted by atomic mass is 32.1. The maximum Gasteiger partial charge on any atom is 0.311 e. The quantitative estimate of drug-likeness (QED) is 0.302. The second kappa shape index (κ2) is 10.4. The Bertz CT molecular complexity index is 685. The van der Waals surface area contributed by atoms with Crippen LogP contribution in [0.25, 0.3) is 0 Å². The van der Waals surface area contributed by atoms with Gasteiger partial charge < -0.3 is 14.2 Å². The molecule has 0 aliphatic rings. The number of nitrogens with zero attached hydrogens (tertiary/aromatic N) is 2. The number of aromatic nitrogens is 1. The van der Waals surface area contributed by atoms with E-state index in [9.17, 15) is 4.79 Å². The summed E-state index contributed by atoms with van der Waals surface area (Å²) in [5, 5.41) is 6.57. The molecule has 0 atom stereocenters. The number of methoxy groups -OCH3 is 1. The van der Waals surface area contributed by atoms with Crippen LogP contribution in [0.2, 0.25) is 0 Å². The summed E-state index contributed by atoms with van der Waals surface area (Å²) in [7, 11) is 1.64. The number of nitrogens with one attached hydrogen (secondary N) is 1. The molecule has 1 aromatic heterocycles. The van der Waals surface area contributed by atoms with Gasteiger partial charge in [0.05, 0.1) is 31.5 Å². The van der Waals surface area contributed by atoms with Gasteiger partial charge in [0.15, 0.2) is 0 Å². The zero-order chi connectivity index (χ0) is 17.9. The summed E-state index contributed by atoms with van der Waals surface area (Å²) in [4.78, 5) is 15.7. The first kappa shape index (κ1) is 18.9. The molecule has 1 N–H and O–H groups in total. The van der Waals surface area contributed by atoms with Gasteiger partial charge >= 0.3 is 5.97 Å². The SMILES string of the molecule is CCOC(=O)Cc1csc(NN=Cc2ccc(OCCOC)cc2)n1. The fraction of sp³-hybridized carbons (Fsp3) is 0.353. The van der Waals surface area contributed by atoms with Crippen LogP contribution in [-0.2, 0) is 20.7 Å². The molecule has 0 spiro atoms. The fourth-order valence-corrected chi connectivity index (χ4v) is 2.51. The molecule has 7 nitrogen and oxygen atoms in total. The molecule has 2 rings (SSSR count). The molecule has 0 unspecified atom stereocenters. The lowest BCUT2D eigenvalue weighted by Crippen LogP contribution is -2.07. The zero-order valence-corrected chi connectivity index (χ0v) is 15.0. The minimum atomic E-state index is -0.282. The van der Waals surface area contributed by atoms with Crippen molar-refractivity contribution in [2.75, 3.05) is 32.4 Å². The summed E-state index contributed by atoms with van der Waals surface area (Å²) >= 11 is 1.38. The molecular weight excluding hydrogens is 342 g/mol. The molecule has 0 fully saturated rings. The predicted octanol–water partition coefficient (Wildman–Crippen LogP) is 2.72. The minimum Gasteiger partial charge on any atom is -0.491 e. The van der Waals surface area contributed by atoms with Crippen molar-refractivity contribution in [2.45, 2.75) is 13.3 Å². The molecule has 8 heteroatoms. The Balaban J connectivity index is 1.80. The van der Waals surface area contributed by atoms with E-state index in [0.29, 0.717) is 30.6 Å². The third-order valence-electron chi connectivity index (χ3n) is 2.99. The van der Waals surface area contributed by atoms with Gasteiger partial charge in [0.2, 0.25) is 5.13 Å². The number of hydrogen-bond acceptors (Lipinski definition) is 8. The minimum absolute atomic E-state index is 0.167. The van der Waals surface area contributed by atoms with Gasteiger partial charge in [-0.3, -0.25) is 10.2 Å². The van der Waals surface area contributed by atoms with Gasteiger partial charge in [0.25, 0.3) is 0 Å². The molecule has 0 bridgehead atoms. The van der Waals surface area contributed by atoms with Gasteiger partial charge in [-0.05, 0) is 36.8 Å². The van der Waals surface area contributed by atoms with Crippen molar-refractivity contribution in [2.24, 2.45) is 5.10 Å². The first-order valence-corrected chi connectivity index (χ1v) is 8.70. The largest absolute Gasteiger partial charge is 0.491 e. The highest BCUT2D eigenvalue weighted by Crippen LogP contribution is 2.16. The first-order valence-electron chi connectivity index (χ1n) is 7.82. The highest BCUT2D eigenvalue weighted by Gasteiger charge is 2.07. The summed E-state index contributed by atoms with van der Waals surface area (Å²) in [6.45, 7) is 3.22. The van der Waals surface area contributed by atoms with Crippen LogP contribution < -0.4 is 10.2 Å². The Labute approximate surface area is 150 Å². The molecule has 0 aliphatic carbocycles. The molecule has 0 saturated heterocycles. The number of hydrazone groups is 1. The second-order valence-electron chi connectivity index (χ2n) is 4.91. The highest BCUT2D eigenvalue weighted by molar-refractivity contribution is 7.13. The maximum atomic E-state index is 11.4. The van der Waals surface area contributed by atoms with Gasteiger partial charge in [-0.15, -0.1) is 11.3 Å². The molecule has 0 saturated carbocycles. The molecule has 0 aliphatic heterocycles. The topological polar surface area (TPSA) is 82.0 Å². The van der Waals surface area contributed by atoms with Crippen molar-refractivity contribution in [3.05, 3.63) is 40.9 Å². The van der Waals surface area contributed by atoms with Crippen LogP contribution in [0.1, 0.15) is 18.2 Å². The predicted molar refractivity (Wildman–Crippen MR) is 97.5 cm³/mol. The molecule has 2 aromatic rings. The van der Waals surface area contributed by atoms with Crippen LogP contribution in [-0.4, -0.2) is 44.1 Å². The third kappa shape index (κ3) is 6.90. The Kier molecular flexibility index (Phi) is 7.87. The lowest BCUT2D eigenvalue weighted by molar-refractivity contribution is -0.142. The van der Waals surface area contributed by atoms with Crippen LogP contribution in [0.15, 0.2) is 34.7 Å². The normalized spacial score (nSPS) is 10.8. The Morgan fingerprint density at radius 2 is 2.12 bits per heavy atom. The standard InChI is InChI=1S/C17H21N3O4S/c1-3-23-16(21)10-14-12-25-17(19-14)20-18-11-13-4-6-15(7-5-13)24-9-8-22-2/h4-7,11-12H,3,8-10H2,1-2H3,(H,19,20). The van der Waals surface area contributed by atoms with E-state index < -0.39 is 0 Å². The number of carbonyl (C=O) groups excluding carboxylic acids is 1. The van der Waals surface area contributed by atoms with Crippen molar-refractivity contribution < 1.29 is 19.0 Å². The number of hydrogen-bond donors (Lipinski definition) is 1. The van der Waals surface area contributed by atoms with E-state index in [1.54, 1.807) is 25.6 Å². The van der Waals surface area contributed by atoms with Crippen molar-refractivity contribution in [1.29, 1.82) is 0 Å². The summed E-state index contributed by atoms with van der Waals surface area (Å²) in [5.41, 5.74) is 4.44. The Hall–Kier alpha value is -2.45. The number of benzene rings is 1. The van der Waals surface area contributed by atoms with Crippen LogP contribution in [0, 0.1) is 0 Å². The van der Waals surface area contributed by atoms with Crippen molar-refractivity contribution in [1.82, 2.24) is 4.98 Å². The number of anilines is 1. The number of thiazole rings is 1. The van der Waals surface area contributed by atoms with Gasteiger partial charge in [-0.25, -0.2) is 4.98 Å². The van der Waals surface area contributed by atoms with Gasteiger partial charge in [0.1, 0.15) is 12.4 Å². The maximum absolute atomic E-state index is 11.4. The molecule has 1 heterocycles. The summed E-state index contributed by atoms with van der Waals surface area (Å²) in [5.74, 6) is 0.501. The molecule has 25 heavy (non-hydrogen) atoms. The zero-order valence-electron chi connectivity index (χ0n) is 14.2. The van der Waals surface area contributed by atoms with E-state index in [1.807, 2.05) is 24.3 Å². The lowest BCUT2D eigenvalue weighted by atomic mass is 10.2. The smallest absolute Gasteiger partial charge is 0.311 e. The Morgan fingerprint density at radius 3 is 2.84 bits per heavy atom. The van der Waals surface area contributed by atoms with E-state index in [4.69, 9.17) is 14.2 Å². The fourth-order valence-electron chi connectivity index (χ4n) is 1.85. The Morgan fingerprint density at radius 1 is 1.32 bits per heavy atom. The molecule has 0 radical (unpaired) electrons. The number of ether oxygens (including phenoxy) is 3. The van der Waals surface area contributed by atoms with Crippen LogP contribution in [0.3, 0.4) is 0 Å². The average Bonchev–Trinajstić information content (AvgIpc) is 3.04.